The van der Waals surface area contributed by atoms with Crippen molar-refractivity contribution in [2.45, 2.75) is 18.6 Å². The first-order chi connectivity index (χ1) is 13.9. The number of aryl methyl sites for hydroxylation is 1. The highest BCUT2D eigenvalue weighted by atomic mass is 35.5. The molecule has 0 fully saturated rings. The van der Waals surface area contributed by atoms with Gasteiger partial charge in [-0.1, -0.05) is 64.8 Å². The molecular weight excluding hydrogens is 453 g/mol. The summed E-state index contributed by atoms with van der Waals surface area (Å²) in [5.41, 5.74) is 1.68. The van der Waals surface area contributed by atoms with E-state index in [0.717, 1.165) is 11.1 Å². The lowest BCUT2D eigenvalue weighted by Crippen LogP contribution is -2.24. The molecule has 3 rings (SSSR count). The maximum absolute atomic E-state index is 12.2. The predicted molar refractivity (Wildman–Crippen MR) is 118 cm³/mol. The third kappa shape index (κ3) is 6.21. The fourth-order valence-corrected chi connectivity index (χ4v) is 3.64. The molecule has 1 amide bonds. The van der Waals surface area contributed by atoms with Gasteiger partial charge in [0.1, 0.15) is 0 Å². The van der Waals surface area contributed by atoms with Crippen molar-refractivity contribution in [2.24, 2.45) is 5.10 Å². The number of carbonyl (C=O) groups is 1. The summed E-state index contributed by atoms with van der Waals surface area (Å²) in [6.45, 7) is 2.11. The molecule has 0 aliphatic rings. The normalized spacial score (nSPS) is 11.2. The van der Waals surface area contributed by atoms with Gasteiger partial charge in [0.05, 0.1) is 12.0 Å². The highest BCUT2D eigenvalue weighted by Gasteiger charge is 2.12. The van der Waals surface area contributed by atoms with Crippen molar-refractivity contribution >= 4 is 58.7 Å². The largest absolute Gasteiger partial charge is 0.351 e. The van der Waals surface area contributed by atoms with E-state index in [1.54, 1.807) is 48.1 Å². The Hall–Kier alpha value is -2.06. The second-order valence-electron chi connectivity index (χ2n) is 5.94. The van der Waals surface area contributed by atoms with Crippen molar-refractivity contribution in [3.05, 3.63) is 74.5 Å². The summed E-state index contributed by atoms with van der Waals surface area (Å²) in [5.74, 6) is 0.626. The minimum Gasteiger partial charge on any atom is -0.351 e. The van der Waals surface area contributed by atoms with Gasteiger partial charge in [-0.3, -0.25) is 4.79 Å². The molecule has 1 heterocycles. The Kier molecular flexibility index (Phi) is 7.55. The zero-order chi connectivity index (χ0) is 20.8. The SMILES string of the molecule is Cc1nnc(SCC(=O)NCc2ccc(Cl)cc2Cl)n1/N=C\c1ccc(Cl)cc1. The lowest BCUT2D eigenvalue weighted by molar-refractivity contribution is -0.118. The smallest absolute Gasteiger partial charge is 0.230 e. The highest BCUT2D eigenvalue weighted by Crippen LogP contribution is 2.21. The molecule has 0 atom stereocenters. The van der Waals surface area contributed by atoms with E-state index >= 15 is 0 Å². The Morgan fingerprint density at radius 1 is 1.14 bits per heavy atom. The topological polar surface area (TPSA) is 72.2 Å². The van der Waals surface area contributed by atoms with Crippen LogP contribution in [0.1, 0.15) is 17.0 Å². The minimum absolute atomic E-state index is 0.157. The molecule has 0 aliphatic heterocycles. The van der Waals surface area contributed by atoms with Gasteiger partial charge in [0.15, 0.2) is 5.82 Å². The molecule has 1 N–H and O–H groups in total. The Morgan fingerprint density at radius 3 is 2.59 bits per heavy atom. The number of hydrogen-bond donors (Lipinski definition) is 1. The molecule has 6 nitrogen and oxygen atoms in total. The van der Waals surface area contributed by atoms with Crippen LogP contribution in [-0.2, 0) is 11.3 Å². The van der Waals surface area contributed by atoms with Crippen LogP contribution in [0.3, 0.4) is 0 Å². The van der Waals surface area contributed by atoms with Crippen molar-refractivity contribution in [2.75, 3.05) is 5.75 Å². The van der Waals surface area contributed by atoms with E-state index in [1.807, 2.05) is 12.1 Å². The third-order valence-electron chi connectivity index (χ3n) is 3.78. The van der Waals surface area contributed by atoms with Crippen molar-refractivity contribution in [3.8, 4) is 0 Å². The summed E-state index contributed by atoms with van der Waals surface area (Å²) < 4.78 is 1.59. The number of thioether (sulfide) groups is 1. The standard InChI is InChI=1S/C19H16Cl3N5OS/c1-12-25-26-19(27(12)24-9-13-2-5-15(20)6-3-13)29-11-18(28)23-10-14-4-7-16(21)8-17(14)22/h2-9H,10-11H2,1H3,(H,23,28)/b24-9-. The zero-order valence-electron chi connectivity index (χ0n) is 15.3. The number of rotatable bonds is 7. The molecule has 2 aromatic carbocycles. The van der Waals surface area contributed by atoms with Crippen LogP contribution in [0, 0.1) is 6.92 Å². The molecule has 0 unspecified atom stereocenters. The first-order valence-electron chi connectivity index (χ1n) is 8.48. The Labute approximate surface area is 187 Å². The molecule has 10 heteroatoms. The van der Waals surface area contributed by atoms with Crippen LogP contribution in [-0.4, -0.2) is 32.7 Å². The van der Waals surface area contributed by atoms with Gasteiger partial charge < -0.3 is 5.32 Å². The number of carbonyl (C=O) groups excluding carboxylic acids is 1. The van der Waals surface area contributed by atoms with E-state index in [4.69, 9.17) is 34.8 Å². The van der Waals surface area contributed by atoms with Crippen LogP contribution in [0.5, 0.6) is 0 Å². The third-order valence-corrected chi connectivity index (χ3v) is 5.54. The van der Waals surface area contributed by atoms with Crippen molar-refractivity contribution in [3.63, 3.8) is 0 Å². The highest BCUT2D eigenvalue weighted by molar-refractivity contribution is 7.99. The summed E-state index contributed by atoms with van der Waals surface area (Å²) in [6.07, 6.45) is 1.68. The van der Waals surface area contributed by atoms with Crippen molar-refractivity contribution in [1.82, 2.24) is 20.2 Å². The first-order valence-corrected chi connectivity index (χ1v) is 10.6. The number of hydrogen-bond acceptors (Lipinski definition) is 5. The molecule has 29 heavy (non-hydrogen) atoms. The van der Waals surface area contributed by atoms with Gasteiger partial charge in [0.25, 0.3) is 0 Å². The van der Waals surface area contributed by atoms with Crippen molar-refractivity contribution in [1.29, 1.82) is 0 Å². The summed E-state index contributed by atoms with van der Waals surface area (Å²) in [5, 5.41) is 17.6. The van der Waals surface area contributed by atoms with Gasteiger partial charge in [-0.2, -0.15) is 9.78 Å². The van der Waals surface area contributed by atoms with Gasteiger partial charge >= 0.3 is 0 Å². The van der Waals surface area contributed by atoms with E-state index in [-0.39, 0.29) is 11.7 Å². The zero-order valence-corrected chi connectivity index (χ0v) is 18.4. The summed E-state index contributed by atoms with van der Waals surface area (Å²) in [4.78, 5) is 12.2. The molecule has 0 radical (unpaired) electrons. The van der Waals surface area contributed by atoms with Crippen molar-refractivity contribution < 1.29 is 4.79 Å². The fraction of sp³-hybridized carbons (Fsp3) is 0.158. The molecular formula is C19H16Cl3N5OS. The molecule has 3 aromatic rings. The summed E-state index contributed by atoms with van der Waals surface area (Å²) in [6, 6.07) is 12.4. The van der Waals surface area contributed by atoms with Crippen LogP contribution in [0.2, 0.25) is 15.1 Å². The summed E-state index contributed by atoms with van der Waals surface area (Å²) >= 11 is 19.1. The van der Waals surface area contributed by atoms with E-state index < -0.39 is 0 Å². The number of benzene rings is 2. The Bertz CT molecular complexity index is 1040. The lowest BCUT2D eigenvalue weighted by Gasteiger charge is -2.07. The molecule has 0 bridgehead atoms. The van der Waals surface area contributed by atoms with Crippen LogP contribution in [0.15, 0.2) is 52.7 Å². The van der Waals surface area contributed by atoms with Crippen LogP contribution in [0.4, 0.5) is 0 Å². The maximum atomic E-state index is 12.2. The average molecular weight is 469 g/mol. The Balaban J connectivity index is 1.58. The van der Waals surface area contributed by atoms with E-state index in [1.165, 1.54) is 11.8 Å². The second kappa shape index (κ2) is 10.1. The van der Waals surface area contributed by atoms with Gasteiger partial charge in [0.2, 0.25) is 11.1 Å². The number of nitrogens with one attached hydrogen (secondary N) is 1. The first kappa shape index (κ1) is 21.6. The van der Waals surface area contributed by atoms with Gasteiger partial charge in [-0.25, -0.2) is 0 Å². The van der Waals surface area contributed by atoms with E-state index in [2.05, 4.69) is 20.6 Å². The van der Waals surface area contributed by atoms with Gasteiger partial charge in [-0.15, -0.1) is 10.2 Å². The molecule has 0 aliphatic carbocycles. The average Bonchev–Trinajstić information content (AvgIpc) is 3.05. The Morgan fingerprint density at radius 2 is 1.86 bits per heavy atom. The van der Waals surface area contributed by atoms with E-state index in [9.17, 15) is 4.79 Å². The summed E-state index contributed by atoms with van der Waals surface area (Å²) in [7, 11) is 0. The minimum atomic E-state index is -0.157. The van der Waals surface area contributed by atoms with Crippen LogP contribution in [0.25, 0.3) is 0 Å². The predicted octanol–water partition coefficient (Wildman–Crippen LogP) is 4.84. The second-order valence-corrected chi connectivity index (χ2v) is 8.16. The number of aromatic nitrogens is 3. The molecule has 0 spiro atoms. The van der Waals surface area contributed by atoms with Crippen LogP contribution >= 0.6 is 46.6 Å². The lowest BCUT2D eigenvalue weighted by atomic mass is 10.2. The molecule has 150 valence electrons. The van der Waals surface area contributed by atoms with Crippen LogP contribution < -0.4 is 5.32 Å². The number of amides is 1. The maximum Gasteiger partial charge on any atom is 0.230 e. The quantitative estimate of drug-likeness (QED) is 0.398. The number of nitrogens with zero attached hydrogens (tertiary/aromatic N) is 4. The molecule has 0 saturated carbocycles. The number of halogens is 3. The van der Waals surface area contributed by atoms with E-state index in [0.29, 0.717) is 32.6 Å². The van der Waals surface area contributed by atoms with Gasteiger partial charge in [-0.05, 0) is 42.3 Å². The monoisotopic (exact) mass is 467 g/mol. The molecule has 1 aromatic heterocycles. The fourth-order valence-electron chi connectivity index (χ4n) is 2.27. The van der Waals surface area contributed by atoms with Gasteiger partial charge in [0, 0.05) is 21.6 Å². The molecule has 0 saturated heterocycles.